The lowest BCUT2D eigenvalue weighted by Crippen LogP contribution is -2.42. The Morgan fingerprint density at radius 3 is 2.88 bits per heavy atom. The molecule has 9 nitrogen and oxygen atoms in total. The number of aromatic nitrogens is 2. The lowest BCUT2D eigenvalue weighted by atomic mass is 10.3. The maximum Gasteiger partial charge on any atom is 0.246 e. The molecule has 1 fully saturated rings. The quantitative estimate of drug-likeness (QED) is 0.792. The summed E-state index contributed by atoms with van der Waals surface area (Å²) in [5.41, 5.74) is 0. The van der Waals surface area contributed by atoms with Crippen LogP contribution in [0.25, 0.3) is 0 Å². The van der Waals surface area contributed by atoms with Gasteiger partial charge in [0.1, 0.15) is 6.10 Å². The van der Waals surface area contributed by atoms with Crippen LogP contribution >= 0.6 is 0 Å². The maximum absolute atomic E-state index is 12.9. The second-order valence-electron chi connectivity index (χ2n) is 5.63. The number of rotatable bonds is 4. The molecule has 1 aromatic heterocycles. The zero-order valence-electron chi connectivity index (χ0n) is 13.5. The molecule has 4 rings (SSSR count). The lowest BCUT2D eigenvalue weighted by Gasteiger charge is -2.30. The molecule has 2 aliphatic rings. The second-order valence-corrected chi connectivity index (χ2v) is 7.56. The Labute approximate surface area is 144 Å². The number of nitrogens with zero attached hydrogens (tertiary/aromatic N) is 3. The monoisotopic (exact) mass is 367 g/mol. The predicted octanol–water partition coefficient (Wildman–Crippen LogP) is 1.12. The van der Waals surface area contributed by atoms with Gasteiger partial charge in [0.25, 0.3) is 0 Å². The molecule has 0 aliphatic carbocycles. The normalized spacial score (nSPS) is 20.8. The molecule has 0 spiro atoms. The molecule has 0 N–H and O–H groups in total. The van der Waals surface area contributed by atoms with Gasteiger partial charge in [-0.3, -0.25) is 0 Å². The molecule has 10 heteroatoms. The van der Waals surface area contributed by atoms with Crippen LogP contribution in [0.2, 0.25) is 0 Å². The molecule has 2 aromatic rings. The highest BCUT2D eigenvalue weighted by molar-refractivity contribution is 7.89. The van der Waals surface area contributed by atoms with Gasteiger partial charge in [-0.2, -0.15) is 4.31 Å². The van der Waals surface area contributed by atoms with Crippen molar-refractivity contribution in [1.82, 2.24) is 14.5 Å². The van der Waals surface area contributed by atoms with E-state index in [0.717, 1.165) is 0 Å². The van der Waals surface area contributed by atoms with Crippen LogP contribution in [0.4, 0.5) is 0 Å². The summed E-state index contributed by atoms with van der Waals surface area (Å²) in [5.74, 6) is 1.75. The smallest absolute Gasteiger partial charge is 0.246 e. The molecular weight excluding hydrogens is 350 g/mol. The van der Waals surface area contributed by atoms with E-state index in [0.29, 0.717) is 29.7 Å². The van der Waals surface area contributed by atoms with E-state index in [9.17, 15) is 8.42 Å². The predicted molar refractivity (Wildman–Crippen MR) is 83.7 cm³/mol. The molecule has 1 aromatic carbocycles. The Kier molecular flexibility index (Phi) is 4.10. The molecule has 3 heterocycles. The molecule has 0 radical (unpaired) electrons. The molecule has 0 amide bonds. The van der Waals surface area contributed by atoms with E-state index in [4.69, 9.17) is 18.6 Å². The number of hydrogen-bond donors (Lipinski definition) is 0. The van der Waals surface area contributed by atoms with Gasteiger partial charge in [-0.25, -0.2) is 8.42 Å². The molecule has 0 bridgehead atoms. The summed E-state index contributed by atoms with van der Waals surface area (Å²) in [4.78, 5) is 0.150. The van der Waals surface area contributed by atoms with Gasteiger partial charge >= 0.3 is 0 Å². The van der Waals surface area contributed by atoms with Crippen molar-refractivity contribution in [2.75, 3.05) is 26.5 Å². The molecule has 0 saturated carbocycles. The summed E-state index contributed by atoms with van der Waals surface area (Å²) in [7, 11) is -3.70. The highest BCUT2D eigenvalue weighted by Gasteiger charge is 2.34. The van der Waals surface area contributed by atoms with Crippen LogP contribution in [0, 0.1) is 0 Å². The number of hydrogen-bond acceptors (Lipinski definition) is 8. The van der Waals surface area contributed by atoms with E-state index in [1.165, 1.54) is 16.4 Å². The van der Waals surface area contributed by atoms with Crippen molar-refractivity contribution in [1.29, 1.82) is 0 Å². The molecule has 1 unspecified atom stereocenters. The Morgan fingerprint density at radius 2 is 2.08 bits per heavy atom. The summed E-state index contributed by atoms with van der Waals surface area (Å²) >= 11 is 0. The van der Waals surface area contributed by atoms with Crippen LogP contribution in [0.5, 0.6) is 11.5 Å². The highest BCUT2D eigenvalue weighted by atomic mass is 32.2. The Hall–Kier alpha value is -2.17. The van der Waals surface area contributed by atoms with E-state index in [2.05, 4.69) is 10.2 Å². The minimum absolute atomic E-state index is 0.0926. The van der Waals surface area contributed by atoms with Crippen molar-refractivity contribution in [3.05, 3.63) is 30.0 Å². The first kappa shape index (κ1) is 16.3. The van der Waals surface area contributed by atoms with Gasteiger partial charge in [0.05, 0.1) is 11.5 Å². The van der Waals surface area contributed by atoms with E-state index < -0.39 is 16.1 Å². The summed E-state index contributed by atoms with van der Waals surface area (Å²) in [6, 6.07) is 4.58. The van der Waals surface area contributed by atoms with Gasteiger partial charge in [-0.1, -0.05) is 6.92 Å². The average Bonchev–Trinajstić information content (AvgIpc) is 3.30. The van der Waals surface area contributed by atoms with Crippen LogP contribution in [0.3, 0.4) is 0 Å². The van der Waals surface area contributed by atoms with Crippen molar-refractivity contribution in [3.8, 4) is 11.5 Å². The van der Waals surface area contributed by atoms with Gasteiger partial charge < -0.3 is 18.6 Å². The van der Waals surface area contributed by atoms with Crippen LogP contribution in [-0.4, -0.2) is 49.4 Å². The Morgan fingerprint density at radius 1 is 1.24 bits per heavy atom. The SMILES string of the molecule is CCc1nnc(C2CN(S(=O)(=O)c3ccc4c(c3)OCO4)CCO2)o1. The Balaban J connectivity index is 1.57. The summed E-state index contributed by atoms with van der Waals surface area (Å²) in [5, 5.41) is 7.85. The fourth-order valence-corrected chi connectivity index (χ4v) is 4.16. The van der Waals surface area contributed by atoms with Crippen LogP contribution in [0.15, 0.2) is 27.5 Å². The zero-order chi connectivity index (χ0) is 17.4. The summed E-state index contributed by atoms with van der Waals surface area (Å²) in [6.07, 6.45) is 0.0317. The number of ether oxygens (including phenoxy) is 3. The molecular formula is C15H17N3O6S. The standard InChI is InChI=1S/C15H17N3O6S/c1-2-14-16-17-15(24-14)13-8-18(5-6-21-13)25(19,20)10-3-4-11-12(7-10)23-9-22-11/h3-4,7,13H,2,5-6,8-9H2,1H3. The van der Waals surface area contributed by atoms with E-state index in [-0.39, 0.29) is 31.4 Å². The fraction of sp³-hybridized carbons (Fsp3) is 0.467. The minimum Gasteiger partial charge on any atom is -0.454 e. The van der Waals surface area contributed by atoms with Crippen LogP contribution < -0.4 is 9.47 Å². The van der Waals surface area contributed by atoms with Gasteiger partial charge in [-0.05, 0) is 12.1 Å². The first-order valence-electron chi connectivity index (χ1n) is 7.91. The minimum atomic E-state index is -3.70. The molecule has 2 aliphatic heterocycles. The number of fused-ring (bicyclic) bond motifs is 1. The largest absolute Gasteiger partial charge is 0.454 e. The van der Waals surface area contributed by atoms with Gasteiger partial charge in [-0.15, -0.1) is 10.2 Å². The topological polar surface area (TPSA) is 104 Å². The van der Waals surface area contributed by atoms with Gasteiger partial charge in [0.2, 0.25) is 28.6 Å². The fourth-order valence-electron chi connectivity index (χ4n) is 2.72. The number of benzene rings is 1. The highest BCUT2D eigenvalue weighted by Crippen LogP contribution is 2.35. The number of sulfonamides is 1. The third kappa shape index (κ3) is 2.96. The van der Waals surface area contributed by atoms with Crippen LogP contribution in [0.1, 0.15) is 24.8 Å². The maximum atomic E-state index is 12.9. The van der Waals surface area contributed by atoms with Crippen molar-refractivity contribution < 1.29 is 27.0 Å². The van der Waals surface area contributed by atoms with Crippen molar-refractivity contribution >= 4 is 10.0 Å². The summed E-state index contributed by atoms with van der Waals surface area (Å²) < 4.78 is 48.8. The molecule has 134 valence electrons. The van der Waals surface area contributed by atoms with Gasteiger partial charge in [0, 0.05) is 25.6 Å². The first-order valence-corrected chi connectivity index (χ1v) is 9.35. The number of morpholine rings is 1. The van der Waals surface area contributed by atoms with Crippen molar-refractivity contribution in [3.63, 3.8) is 0 Å². The molecule has 1 atom stereocenters. The third-order valence-corrected chi connectivity index (χ3v) is 5.93. The summed E-state index contributed by atoms with van der Waals surface area (Å²) in [6.45, 7) is 2.60. The van der Waals surface area contributed by atoms with Gasteiger partial charge in [0.15, 0.2) is 11.5 Å². The average molecular weight is 367 g/mol. The van der Waals surface area contributed by atoms with Crippen LogP contribution in [-0.2, 0) is 21.2 Å². The van der Waals surface area contributed by atoms with E-state index in [1.807, 2.05) is 6.92 Å². The zero-order valence-corrected chi connectivity index (χ0v) is 14.4. The molecule has 1 saturated heterocycles. The lowest BCUT2D eigenvalue weighted by molar-refractivity contribution is -0.0177. The van der Waals surface area contributed by atoms with E-state index >= 15 is 0 Å². The third-order valence-electron chi connectivity index (χ3n) is 4.07. The Bertz CT molecular complexity index is 881. The number of aryl methyl sites for hydroxylation is 1. The second kappa shape index (κ2) is 6.28. The van der Waals surface area contributed by atoms with Crippen molar-refractivity contribution in [2.24, 2.45) is 0 Å². The van der Waals surface area contributed by atoms with E-state index in [1.54, 1.807) is 6.07 Å². The molecule has 25 heavy (non-hydrogen) atoms. The first-order chi connectivity index (χ1) is 12.1. The van der Waals surface area contributed by atoms with Crippen molar-refractivity contribution in [2.45, 2.75) is 24.3 Å².